The Bertz CT molecular complexity index is 714. The molecule has 0 bridgehead atoms. The summed E-state index contributed by atoms with van der Waals surface area (Å²) < 4.78 is 0. The first-order valence-corrected chi connectivity index (χ1v) is 8.62. The molecule has 0 aliphatic carbocycles. The van der Waals surface area contributed by atoms with Crippen molar-refractivity contribution in [1.29, 1.82) is 0 Å². The molecule has 2 aliphatic heterocycles. The van der Waals surface area contributed by atoms with E-state index in [1.165, 1.54) is 29.7 Å². The fourth-order valence-electron chi connectivity index (χ4n) is 3.71. The second-order valence-corrected chi connectivity index (χ2v) is 6.25. The van der Waals surface area contributed by atoms with Crippen molar-refractivity contribution in [1.82, 2.24) is 4.90 Å². The minimum atomic E-state index is 0. The topological polar surface area (TPSA) is 18.8 Å². The molecule has 0 saturated carbocycles. The molecular weight excluding hydrogens is 318 g/mol. The van der Waals surface area contributed by atoms with Crippen molar-refractivity contribution in [2.75, 3.05) is 24.5 Å². The van der Waals surface area contributed by atoms with E-state index in [4.69, 9.17) is 4.99 Å². The molecule has 0 aromatic heterocycles. The molecule has 0 saturated heterocycles. The molecule has 0 amide bonds. The van der Waals surface area contributed by atoms with Gasteiger partial charge in [0.2, 0.25) is 5.96 Å². The minimum absolute atomic E-state index is 0. The second-order valence-electron chi connectivity index (χ2n) is 6.25. The van der Waals surface area contributed by atoms with E-state index in [1.54, 1.807) is 0 Å². The summed E-state index contributed by atoms with van der Waals surface area (Å²) in [7, 11) is 0. The van der Waals surface area contributed by atoms with Gasteiger partial charge in [0.15, 0.2) is 0 Å². The molecule has 0 N–H and O–H groups in total. The van der Waals surface area contributed by atoms with E-state index in [1.807, 2.05) is 0 Å². The van der Waals surface area contributed by atoms with Crippen LogP contribution in [0.1, 0.15) is 36.9 Å². The summed E-state index contributed by atoms with van der Waals surface area (Å²) in [4.78, 5) is 9.74. The number of hydrogen-bond acceptors (Lipinski definition) is 3. The lowest BCUT2D eigenvalue weighted by Crippen LogP contribution is -2.49. The first kappa shape index (κ1) is 16.8. The lowest BCUT2D eigenvalue weighted by atomic mass is 9.93. The van der Waals surface area contributed by atoms with E-state index in [-0.39, 0.29) is 18.4 Å². The van der Waals surface area contributed by atoms with Gasteiger partial charge in [-0.15, -0.1) is 12.4 Å². The first-order valence-electron chi connectivity index (χ1n) is 8.62. The maximum atomic E-state index is 4.84. The quantitative estimate of drug-likeness (QED) is 0.816. The van der Waals surface area contributed by atoms with Crippen molar-refractivity contribution in [3.63, 3.8) is 0 Å². The van der Waals surface area contributed by atoms with Crippen LogP contribution in [0, 0.1) is 0 Å². The molecule has 2 aromatic rings. The Balaban J connectivity index is 0.00000169. The minimum Gasteiger partial charge on any atom is -0.329 e. The normalized spacial score (nSPS) is 18.5. The number of aliphatic imine (C=N–C) groups is 1. The van der Waals surface area contributed by atoms with Crippen molar-refractivity contribution in [2.45, 2.75) is 25.8 Å². The molecule has 2 aliphatic rings. The van der Waals surface area contributed by atoms with Gasteiger partial charge >= 0.3 is 0 Å². The lowest BCUT2D eigenvalue weighted by molar-refractivity contribution is 0.373. The average Bonchev–Trinajstić information content (AvgIpc) is 3.08. The Morgan fingerprint density at radius 1 is 1.04 bits per heavy atom. The number of unbranched alkanes of at least 4 members (excludes halogenated alkanes) is 1. The summed E-state index contributed by atoms with van der Waals surface area (Å²) in [5.74, 6) is 1.16. The second kappa shape index (κ2) is 7.27. The van der Waals surface area contributed by atoms with Crippen LogP contribution in [-0.4, -0.2) is 30.5 Å². The predicted octanol–water partition coefficient (Wildman–Crippen LogP) is 4.49. The summed E-state index contributed by atoms with van der Waals surface area (Å²) in [6.07, 6.45) is 2.39. The van der Waals surface area contributed by atoms with Gasteiger partial charge in [0.1, 0.15) is 0 Å². The van der Waals surface area contributed by atoms with Gasteiger partial charge in [0, 0.05) is 24.3 Å². The number of guanidine groups is 1. The van der Waals surface area contributed by atoms with Gasteiger partial charge in [0.05, 0.1) is 12.6 Å². The lowest BCUT2D eigenvalue weighted by Gasteiger charge is -2.43. The van der Waals surface area contributed by atoms with Gasteiger partial charge in [-0.25, -0.2) is 0 Å². The Kier molecular flexibility index (Phi) is 5.10. The third-order valence-electron chi connectivity index (χ3n) is 4.78. The predicted molar refractivity (Wildman–Crippen MR) is 103 cm³/mol. The summed E-state index contributed by atoms with van der Waals surface area (Å²) in [6.45, 7) is 5.20. The molecule has 2 heterocycles. The monoisotopic (exact) mass is 341 g/mol. The number of fused-ring (bicyclic) bond motifs is 2. The van der Waals surface area contributed by atoms with Gasteiger partial charge in [-0.2, -0.15) is 0 Å². The summed E-state index contributed by atoms with van der Waals surface area (Å²) in [6, 6.07) is 19.9. The van der Waals surface area contributed by atoms with Gasteiger partial charge in [-0.3, -0.25) is 4.99 Å². The van der Waals surface area contributed by atoms with Crippen LogP contribution in [0.5, 0.6) is 0 Å². The molecule has 1 unspecified atom stereocenters. The molecule has 3 nitrogen and oxygen atoms in total. The average molecular weight is 342 g/mol. The summed E-state index contributed by atoms with van der Waals surface area (Å²) in [5, 5.41) is 0. The Labute approximate surface area is 150 Å². The molecule has 126 valence electrons. The maximum Gasteiger partial charge on any atom is 0.202 e. The third kappa shape index (κ3) is 2.78. The number of benzene rings is 2. The molecule has 1 atom stereocenters. The molecular formula is C20H24ClN3. The van der Waals surface area contributed by atoms with E-state index < -0.39 is 0 Å². The van der Waals surface area contributed by atoms with Crippen molar-refractivity contribution >= 4 is 24.1 Å². The number of halogens is 1. The van der Waals surface area contributed by atoms with Gasteiger partial charge < -0.3 is 9.80 Å². The first-order chi connectivity index (χ1) is 11.4. The summed E-state index contributed by atoms with van der Waals surface area (Å²) >= 11 is 0. The zero-order chi connectivity index (χ0) is 15.6. The van der Waals surface area contributed by atoms with Crippen LogP contribution >= 0.6 is 12.4 Å². The summed E-state index contributed by atoms with van der Waals surface area (Å²) in [5.41, 5.74) is 4.08. The largest absolute Gasteiger partial charge is 0.329 e. The number of para-hydroxylation sites is 1. The van der Waals surface area contributed by atoms with Crippen LogP contribution < -0.4 is 4.90 Å². The molecule has 0 spiro atoms. The van der Waals surface area contributed by atoms with E-state index in [2.05, 4.69) is 71.3 Å². The Hall–Kier alpha value is -2.00. The van der Waals surface area contributed by atoms with E-state index in [0.29, 0.717) is 0 Å². The van der Waals surface area contributed by atoms with E-state index in [9.17, 15) is 0 Å². The van der Waals surface area contributed by atoms with Crippen LogP contribution in [0.3, 0.4) is 0 Å². The van der Waals surface area contributed by atoms with Crippen LogP contribution in [0.15, 0.2) is 59.6 Å². The smallest absolute Gasteiger partial charge is 0.202 e. The molecule has 24 heavy (non-hydrogen) atoms. The Morgan fingerprint density at radius 2 is 1.79 bits per heavy atom. The zero-order valence-electron chi connectivity index (χ0n) is 14.1. The van der Waals surface area contributed by atoms with Gasteiger partial charge in [0.25, 0.3) is 0 Å². The molecule has 0 fully saturated rings. The standard InChI is InChI=1S/C20H23N3.ClH/c1-2-3-14-22-18-12-8-7-11-17(18)19(16-9-5-4-6-10-16)23-15-13-21-20(22)23;/h4-12,19H,2-3,13-15H2,1H3;1H. The highest BCUT2D eigenvalue weighted by Gasteiger charge is 2.38. The highest BCUT2D eigenvalue weighted by molar-refractivity contribution is 6.00. The van der Waals surface area contributed by atoms with Crippen LogP contribution in [-0.2, 0) is 0 Å². The number of rotatable bonds is 4. The van der Waals surface area contributed by atoms with Crippen LogP contribution in [0.4, 0.5) is 5.69 Å². The zero-order valence-corrected chi connectivity index (χ0v) is 14.9. The van der Waals surface area contributed by atoms with Gasteiger partial charge in [-0.1, -0.05) is 61.9 Å². The van der Waals surface area contributed by atoms with E-state index in [0.717, 1.165) is 25.6 Å². The van der Waals surface area contributed by atoms with Crippen molar-refractivity contribution in [3.05, 3.63) is 65.7 Å². The molecule has 4 heteroatoms. The van der Waals surface area contributed by atoms with Gasteiger partial charge in [-0.05, 0) is 18.1 Å². The Morgan fingerprint density at radius 3 is 2.58 bits per heavy atom. The number of nitrogens with zero attached hydrogens (tertiary/aromatic N) is 3. The molecule has 4 rings (SSSR count). The van der Waals surface area contributed by atoms with Crippen molar-refractivity contribution in [3.8, 4) is 0 Å². The maximum absolute atomic E-state index is 4.84. The van der Waals surface area contributed by atoms with Crippen LogP contribution in [0.25, 0.3) is 0 Å². The SMILES string of the molecule is CCCCN1C2=NCCN2C(c2ccccc2)c2ccccc21.Cl. The van der Waals surface area contributed by atoms with Crippen molar-refractivity contribution in [2.24, 2.45) is 4.99 Å². The molecule has 0 radical (unpaired) electrons. The van der Waals surface area contributed by atoms with E-state index >= 15 is 0 Å². The third-order valence-corrected chi connectivity index (χ3v) is 4.78. The highest BCUT2D eigenvalue weighted by Crippen LogP contribution is 2.41. The number of hydrogen-bond donors (Lipinski definition) is 0. The fourth-order valence-corrected chi connectivity index (χ4v) is 3.71. The van der Waals surface area contributed by atoms with Crippen molar-refractivity contribution < 1.29 is 0 Å². The fraction of sp³-hybridized carbons (Fsp3) is 0.350. The molecule has 2 aromatic carbocycles. The highest BCUT2D eigenvalue weighted by atomic mass is 35.5. The van der Waals surface area contributed by atoms with Crippen LogP contribution in [0.2, 0.25) is 0 Å². The number of anilines is 1.